The number of aromatic nitrogens is 4. The lowest BCUT2D eigenvalue weighted by molar-refractivity contribution is -0.116. The van der Waals surface area contributed by atoms with Crippen LogP contribution in [0, 0.1) is 6.92 Å². The van der Waals surface area contributed by atoms with E-state index in [-0.39, 0.29) is 17.9 Å². The highest BCUT2D eigenvalue weighted by molar-refractivity contribution is 5.90. The highest BCUT2D eigenvalue weighted by atomic mass is 16.1. The molecule has 3 aromatic carbocycles. The van der Waals surface area contributed by atoms with Gasteiger partial charge in [-0.25, -0.2) is 0 Å². The lowest BCUT2D eigenvalue weighted by atomic mass is 10.1. The summed E-state index contributed by atoms with van der Waals surface area (Å²) in [6.07, 6.45) is 0.483. The summed E-state index contributed by atoms with van der Waals surface area (Å²) in [6, 6.07) is 28.9. The van der Waals surface area contributed by atoms with Crippen LogP contribution in [0.1, 0.15) is 23.2 Å². The van der Waals surface area contributed by atoms with Crippen LogP contribution in [-0.2, 0) is 17.8 Å². The van der Waals surface area contributed by atoms with Crippen LogP contribution in [0.15, 0.2) is 95.8 Å². The topological polar surface area (TPSA) is 81.3 Å². The summed E-state index contributed by atoms with van der Waals surface area (Å²) in [4.78, 5) is 30.8. The molecule has 2 heterocycles. The highest BCUT2D eigenvalue weighted by Crippen LogP contribution is 2.19. The largest absolute Gasteiger partial charge is 0.326 e. The Hall–Kier alpha value is -4.52. The van der Waals surface area contributed by atoms with Gasteiger partial charge in [-0.1, -0.05) is 78.9 Å². The third-order valence-corrected chi connectivity index (χ3v) is 6.00. The van der Waals surface area contributed by atoms with E-state index in [0.717, 1.165) is 22.5 Å². The minimum Gasteiger partial charge on any atom is -0.326 e. The minimum atomic E-state index is -0.246. The molecule has 35 heavy (non-hydrogen) atoms. The van der Waals surface area contributed by atoms with Gasteiger partial charge >= 0.3 is 0 Å². The zero-order valence-corrected chi connectivity index (χ0v) is 19.4. The molecule has 0 aliphatic heterocycles. The lowest BCUT2D eigenvalue weighted by Crippen LogP contribution is -2.27. The quantitative estimate of drug-likeness (QED) is 0.386. The van der Waals surface area contributed by atoms with E-state index in [1.165, 1.54) is 4.52 Å². The number of carbonyl (C=O) groups is 1. The molecular weight excluding hydrogens is 438 g/mol. The molecule has 174 valence electrons. The second-order valence-electron chi connectivity index (χ2n) is 8.37. The van der Waals surface area contributed by atoms with Crippen LogP contribution >= 0.6 is 0 Å². The zero-order chi connectivity index (χ0) is 24.2. The Labute approximate surface area is 202 Å². The molecule has 0 radical (unpaired) electrons. The summed E-state index contributed by atoms with van der Waals surface area (Å²) in [6.45, 7) is 2.44. The fourth-order valence-electron chi connectivity index (χ4n) is 4.15. The first-order valence-corrected chi connectivity index (χ1v) is 11.5. The number of anilines is 1. The molecule has 0 aliphatic rings. The molecular formula is C28H25N5O2. The Morgan fingerprint density at radius 2 is 1.51 bits per heavy atom. The molecule has 5 rings (SSSR count). The fourth-order valence-corrected chi connectivity index (χ4v) is 4.15. The van der Waals surface area contributed by atoms with Gasteiger partial charge in [-0.15, -0.1) is 5.10 Å². The van der Waals surface area contributed by atoms with E-state index in [9.17, 15) is 9.59 Å². The molecule has 0 unspecified atom stereocenters. The highest BCUT2D eigenvalue weighted by Gasteiger charge is 2.19. The first-order chi connectivity index (χ1) is 17.1. The van der Waals surface area contributed by atoms with Gasteiger partial charge in [-0.05, 0) is 31.0 Å². The van der Waals surface area contributed by atoms with Gasteiger partial charge in [0.25, 0.3) is 5.56 Å². The van der Waals surface area contributed by atoms with Crippen molar-refractivity contribution in [3.8, 4) is 11.4 Å². The summed E-state index contributed by atoms with van der Waals surface area (Å²) >= 11 is 0. The summed E-state index contributed by atoms with van der Waals surface area (Å²) < 4.78 is 3.36. The third-order valence-electron chi connectivity index (χ3n) is 6.00. The van der Waals surface area contributed by atoms with E-state index < -0.39 is 0 Å². The van der Waals surface area contributed by atoms with Crippen LogP contribution in [0.4, 0.5) is 5.69 Å². The van der Waals surface area contributed by atoms with Crippen molar-refractivity contribution < 1.29 is 4.79 Å². The molecule has 0 bridgehead atoms. The second kappa shape index (κ2) is 9.77. The van der Waals surface area contributed by atoms with Crippen LogP contribution in [0.3, 0.4) is 0 Å². The maximum absolute atomic E-state index is 13.5. The van der Waals surface area contributed by atoms with Crippen molar-refractivity contribution in [3.63, 3.8) is 0 Å². The predicted octanol–water partition coefficient (Wildman–Crippen LogP) is 4.49. The van der Waals surface area contributed by atoms with Crippen molar-refractivity contribution in [1.82, 2.24) is 19.2 Å². The normalized spacial score (nSPS) is 11.0. The SMILES string of the molecule is Cc1c(CCC(=O)Nc2ccccc2)c(=O)n2nc(-c3ccccc3)nc2n1Cc1ccccc1. The van der Waals surface area contributed by atoms with E-state index in [1.54, 1.807) is 0 Å². The van der Waals surface area contributed by atoms with E-state index in [2.05, 4.69) is 10.4 Å². The molecule has 2 aromatic heterocycles. The van der Waals surface area contributed by atoms with Crippen molar-refractivity contribution in [1.29, 1.82) is 0 Å². The van der Waals surface area contributed by atoms with Gasteiger partial charge in [0.15, 0.2) is 5.82 Å². The standard InChI is InChI=1S/C28H25N5O2/c1-20-24(17-18-25(34)29-23-15-9-4-10-16-23)27(35)33-28(32(20)19-21-11-5-2-6-12-21)30-26(31-33)22-13-7-3-8-14-22/h2-16H,17-19H2,1H3,(H,29,34). The van der Waals surface area contributed by atoms with E-state index >= 15 is 0 Å². The van der Waals surface area contributed by atoms with Crippen LogP contribution in [-0.4, -0.2) is 25.1 Å². The van der Waals surface area contributed by atoms with E-state index in [1.807, 2.05) is 102 Å². The number of rotatable bonds is 7. The van der Waals surface area contributed by atoms with Crippen LogP contribution in [0.25, 0.3) is 17.2 Å². The number of nitrogens with one attached hydrogen (secondary N) is 1. The van der Waals surface area contributed by atoms with Gasteiger partial charge in [0.05, 0.1) is 6.54 Å². The number of fused-ring (bicyclic) bond motifs is 1. The maximum Gasteiger partial charge on any atom is 0.279 e. The van der Waals surface area contributed by atoms with Gasteiger partial charge in [0.1, 0.15) is 0 Å². The van der Waals surface area contributed by atoms with Crippen molar-refractivity contribution in [2.45, 2.75) is 26.3 Å². The Morgan fingerprint density at radius 1 is 0.886 bits per heavy atom. The number of nitrogens with zero attached hydrogens (tertiary/aromatic N) is 4. The predicted molar refractivity (Wildman–Crippen MR) is 136 cm³/mol. The molecule has 5 aromatic rings. The van der Waals surface area contributed by atoms with Crippen LogP contribution in [0.2, 0.25) is 0 Å². The Morgan fingerprint density at radius 3 is 2.20 bits per heavy atom. The molecule has 0 saturated heterocycles. The molecule has 0 spiro atoms. The fraction of sp³-hybridized carbons (Fsp3) is 0.143. The molecule has 1 N–H and O–H groups in total. The number of amides is 1. The lowest BCUT2D eigenvalue weighted by Gasteiger charge is -2.15. The maximum atomic E-state index is 13.5. The van der Waals surface area contributed by atoms with Crippen LogP contribution in [0.5, 0.6) is 0 Å². The average molecular weight is 464 g/mol. The Balaban J connectivity index is 1.54. The second-order valence-corrected chi connectivity index (χ2v) is 8.37. The van der Waals surface area contributed by atoms with Crippen molar-refractivity contribution in [2.75, 3.05) is 5.32 Å². The van der Waals surface area contributed by atoms with Gasteiger partial charge < -0.3 is 9.88 Å². The molecule has 0 fully saturated rings. The smallest absolute Gasteiger partial charge is 0.279 e. The number of benzene rings is 3. The number of para-hydroxylation sites is 1. The summed E-state index contributed by atoms with van der Waals surface area (Å²) in [5.41, 5.74) is 3.74. The van der Waals surface area contributed by atoms with Gasteiger partial charge in [0, 0.05) is 28.9 Å². The van der Waals surface area contributed by atoms with Crippen LogP contribution < -0.4 is 10.9 Å². The van der Waals surface area contributed by atoms with Gasteiger partial charge in [-0.2, -0.15) is 9.50 Å². The van der Waals surface area contributed by atoms with Gasteiger partial charge in [0.2, 0.25) is 11.7 Å². The molecule has 0 saturated carbocycles. The van der Waals surface area contributed by atoms with Gasteiger partial charge in [-0.3, -0.25) is 9.59 Å². The first-order valence-electron chi connectivity index (χ1n) is 11.5. The molecule has 0 atom stereocenters. The Kier molecular flexibility index (Phi) is 6.22. The average Bonchev–Trinajstić information content (AvgIpc) is 3.34. The number of hydrogen-bond donors (Lipinski definition) is 1. The molecule has 1 amide bonds. The summed E-state index contributed by atoms with van der Waals surface area (Å²) in [7, 11) is 0. The zero-order valence-electron chi connectivity index (χ0n) is 19.4. The van der Waals surface area contributed by atoms with E-state index in [0.29, 0.717) is 30.1 Å². The first kappa shape index (κ1) is 22.3. The molecule has 7 heteroatoms. The van der Waals surface area contributed by atoms with Crippen molar-refractivity contribution in [3.05, 3.63) is 118 Å². The third kappa shape index (κ3) is 4.75. The minimum absolute atomic E-state index is 0.145. The number of hydrogen-bond acceptors (Lipinski definition) is 4. The monoisotopic (exact) mass is 463 g/mol. The van der Waals surface area contributed by atoms with E-state index in [4.69, 9.17) is 4.98 Å². The van der Waals surface area contributed by atoms with Crippen molar-refractivity contribution in [2.24, 2.45) is 0 Å². The summed E-state index contributed by atoms with van der Waals surface area (Å²) in [5, 5.41) is 7.44. The summed E-state index contributed by atoms with van der Waals surface area (Å²) in [5.74, 6) is 0.823. The molecule has 7 nitrogen and oxygen atoms in total. The number of carbonyl (C=O) groups excluding carboxylic acids is 1. The molecule has 0 aliphatic carbocycles. The van der Waals surface area contributed by atoms with Crippen molar-refractivity contribution >= 4 is 17.4 Å². The Bertz CT molecular complexity index is 1520.